The van der Waals surface area contributed by atoms with Crippen LogP contribution in [0.3, 0.4) is 0 Å². The number of hydrogen-bond donors (Lipinski definition) is 5. The summed E-state index contributed by atoms with van der Waals surface area (Å²) < 4.78 is 13.3. The summed E-state index contributed by atoms with van der Waals surface area (Å²) in [4.78, 5) is 58.9. The topological polar surface area (TPSA) is 214 Å². The molecule has 1 aromatic carbocycles. The van der Waals surface area contributed by atoms with Crippen molar-refractivity contribution in [3.8, 4) is 11.5 Å². The first-order valence-electron chi connectivity index (χ1n) is 7.74. The smallest absolute Gasteiger partial charge is 0.348 e. The van der Waals surface area contributed by atoms with Crippen LogP contribution in [-0.4, -0.2) is 81.8 Å². The number of carboxylic acids is 2. The Labute approximate surface area is 167 Å². The maximum atomic E-state index is 12.5. The molecule has 0 heterocycles. The van der Waals surface area contributed by atoms with Crippen LogP contribution < -0.4 is 0 Å². The molecule has 30 heavy (non-hydrogen) atoms. The van der Waals surface area contributed by atoms with E-state index >= 15 is 0 Å². The van der Waals surface area contributed by atoms with Crippen molar-refractivity contribution >= 4 is 35.4 Å². The molecular formula is C17H16O13. The number of esters is 3. The highest BCUT2D eigenvalue weighted by Gasteiger charge is 2.39. The number of ether oxygens (including phenoxy) is 3. The first-order chi connectivity index (χ1) is 14.0. The lowest BCUT2D eigenvalue weighted by Gasteiger charge is -2.18. The SMILES string of the molecule is COC(=O)C(C(=O)O[C@@H](C(=O)O)[C@@H](O)C(=O)O)=C(C(=O)OC)c1ccc(O)c(O)c1. The largest absolute Gasteiger partial charge is 0.504 e. The highest BCUT2D eigenvalue weighted by Crippen LogP contribution is 2.31. The fourth-order valence-corrected chi connectivity index (χ4v) is 2.09. The molecule has 2 atom stereocenters. The second kappa shape index (κ2) is 9.88. The van der Waals surface area contributed by atoms with Crippen LogP contribution in [0, 0.1) is 0 Å². The Balaban J connectivity index is 3.69. The maximum Gasteiger partial charge on any atom is 0.348 e. The Hall–Kier alpha value is -4.13. The first-order valence-corrected chi connectivity index (χ1v) is 7.74. The zero-order chi connectivity index (χ0) is 23.2. The normalized spacial score (nSPS) is 13.3. The van der Waals surface area contributed by atoms with Crippen LogP contribution in [0.1, 0.15) is 5.56 Å². The Bertz CT molecular complexity index is 914. The summed E-state index contributed by atoms with van der Waals surface area (Å²) >= 11 is 0. The minimum absolute atomic E-state index is 0.347. The fourth-order valence-electron chi connectivity index (χ4n) is 2.09. The highest BCUT2D eigenvalue weighted by atomic mass is 16.6. The van der Waals surface area contributed by atoms with Crippen LogP contribution in [-0.2, 0) is 38.2 Å². The number of methoxy groups -OCH3 is 2. The van der Waals surface area contributed by atoms with E-state index in [0.717, 1.165) is 32.4 Å². The van der Waals surface area contributed by atoms with Crippen molar-refractivity contribution < 1.29 is 63.7 Å². The predicted molar refractivity (Wildman–Crippen MR) is 91.9 cm³/mol. The first kappa shape index (κ1) is 23.9. The lowest BCUT2D eigenvalue weighted by molar-refractivity contribution is -0.177. The van der Waals surface area contributed by atoms with E-state index in [-0.39, 0.29) is 5.56 Å². The molecular weight excluding hydrogens is 412 g/mol. The maximum absolute atomic E-state index is 12.5. The van der Waals surface area contributed by atoms with Gasteiger partial charge in [-0.05, 0) is 17.7 Å². The van der Waals surface area contributed by atoms with Gasteiger partial charge in [-0.1, -0.05) is 6.07 Å². The molecule has 0 saturated heterocycles. The van der Waals surface area contributed by atoms with E-state index in [1.807, 2.05) is 0 Å². The minimum atomic E-state index is -2.70. The number of aromatic hydroxyl groups is 2. The van der Waals surface area contributed by atoms with Gasteiger partial charge < -0.3 is 39.7 Å². The number of rotatable bonds is 8. The molecule has 0 aliphatic carbocycles. The molecule has 5 N–H and O–H groups in total. The lowest BCUT2D eigenvalue weighted by Crippen LogP contribution is -2.43. The summed E-state index contributed by atoms with van der Waals surface area (Å²) in [6, 6.07) is 2.68. The Morgan fingerprint density at radius 1 is 0.833 bits per heavy atom. The molecule has 0 spiro atoms. The molecule has 0 aromatic heterocycles. The van der Waals surface area contributed by atoms with E-state index in [9.17, 15) is 39.3 Å². The van der Waals surface area contributed by atoms with Gasteiger partial charge in [-0.25, -0.2) is 24.0 Å². The molecule has 0 aliphatic rings. The van der Waals surface area contributed by atoms with Crippen LogP contribution in [0.2, 0.25) is 0 Å². The van der Waals surface area contributed by atoms with Gasteiger partial charge >= 0.3 is 29.8 Å². The van der Waals surface area contributed by atoms with Crippen molar-refractivity contribution in [1.29, 1.82) is 0 Å². The van der Waals surface area contributed by atoms with Crippen molar-refractivity contribution in [1.82, 2.24) is 0 Å². The standard InChI is InChI=1S/C17H16O13/c1-28-15(25)9(6-3-4-7(18)8(19)5-6)10(16(26)29-2)17(27)30-12(14(23)24)11(20)13(21)22/h3-5,11-12,18-20H,1-2H3,(H,21,22)(H,23,24)/t11-,12-/m1/s1. The minimum Gasteiger partial charge on any atom is -0.504 e. The molecule has 162 valence electrons. The van der Waals surface area contributed by atoms with E-state index in [1.54, 1.807) is 0 Å². The van der Waals surface area contributed by atoms with Crippen LogP contribution >= 0.6 is 0 Å². The summed E-state index contributed by atoms with van der Waals surface area (Å²) in [5.74, 6) is -10.2. The molecule has 0 radical (unpaired) electrons. The third-order valence-corrected chi connectivity index (χ3v) is 3.51. The number of hydrogen-bond acceptors (Lipinski definition) is 11. The van der Waals surface area contributed by atoms with Crippen LogP contribution in [0.5, 0.6) is 11.5 Å². The molecule has 0 unspecified atom stereocenters. The van der Waals surface area contributed by atoms with Gasteiger partial charge in [-0.2, -0.15) is 0 Å². The van der Waals surface area contributed by atoms with Gasteiger partial charge in [-0.3, -0.25) is 0 Å². The number of aliphatic carboxylic acids is 2. The van der Waals surface area contributed by atoms with Crippen molar-refractivity contribution in [2.75, 3.05) is 14.2 Å². The van der Waals surface area contributed by atoms with E-state index < -0.39 is 64.7 Å². The van der Waals surface area contributed by atoms with Gasteiger partial charge in [0.2, 0.25) is 6.10 Å². The summed E-state index contributed by atoms with van der Waals surface area (Å²) in [7, 11) is 1.68. The van der Waals surface area contributed by atoms with Crippen molar-refractivity contribution in [2.45, 2.75) is 12.2 Å². The second-order valence-corrected chi connectivity index (χ2v) is 5.38. The molecule has 0 bridgehead atoms. The second-order valence-electron chi connectivity index (χ2n) is 5.38. The van der Waals surface area contributed by atoms with Gasteiger partial charge in [0.1, 0.15) is 0 Å². The highest BCUT2D eigenvalue weighted by molar-refractivity contribution is 6.32. The summed E-state index contributed by atoms with van der Waals surface area (Å²) in [5, 5.41) is 46.2. The number of phenolic OH excluding ortho intramolecular Hbond substituents is 2. The van der Waals surface area contributed by atoms with E-state index in [4.69, 9.17) is 10.2 Å². The number of carbonyl (C=O) groups excluding carboxylic acids is 3. The third kappa shape index (κ3) is 5.23. The third-order valence-electron chi connectivity index (χ3n) is 3.51. The van der Waals surface area contributed by atoms with Gasteiger partial charge in [0, 0.05) is 0 Å². The van der Waals surface area contributed by atoms with E-state index in [2.05, 4.69) is 14.2 Å². The summed E-state index contributed by atoms with van der Waals surface area (Å²) in [6.07, 6.45) is -5.36. The number of carbonyl (C=O) groups is 5. The monoisotopic (exact) mass is 428 g/mol. The number of benzene rings is 1. The molecule has 0 amide bonds. The Kier molecular flexibility index (Phi) is 7.87. The summed E-state index contributed by atoms with van der Waals surface area (Å²) in [6.45, 7) is 0. The quantitative estimate of drug-likeness (QED) is 0.0808. The van der Waals surface area contributed by atoms with Crippen LogP contribution in [0.4, 0.5) is 0 Å². The molecule has 0 fully saturated rings. The van der Waals surface area contributed by atoms with Crippen molar-refractivity contribution in [3.63, 3.8) is 0 Å². The average Bonchev–Trinajstić information content (AvgIpc) is 2.70. The van der Waals surface area contributed by atoms with Crippen LogP contribution in [0.15, 0.2) is 23.8 Å². The lowest BCUT2D eigenvalue weighted by atomic mass is 9.99. The molecule has 0 aliphatic heterocycles. The molecule has 0 saturated carbocycles. The van der Waals surface area contributed by atoms with Gasteiger partial charge in [0.05, 0.1) is 19.8 Å². The van der Waals surface area contributed by atoms with Gasteiger partial charge in [0.15, 0.2) is 23.2 Å². The van der Waals surface area contributed by atoms with Gasteiger partial charge in [-0.15, -0.1) is 0 Å². The zero-order valence-electron chi connectivity index (χ0n) is 15.4. The predicted octanol–water partition coefficient (Wildman–Crippen LogP) is -1.36. The number of aliphatic hydroxyl groups is 1. The number of phenols is 2. The molecule has 13 heteroatoms. The average molecular weight is 428 g/mol. The van der Waals surface area contributed by atoms with Crippen molar-refractivity contribution in [3.05, 3.63) is 29.3 Å². The fraction of sp³-hybridized carbons (Fsp3) is 0.235. The Morgan fingerprint density at radius 2 is 1.40 bits per heavy atom. The van der Waals surface area contributed by atoms with Gasteiger partial charge in [0.25, 0.3) is 0 Å². The molecule has 1 rings (SSSR count). The molecule has 13 nitrogen and oxygen atoms in total. The van der Waals surface area contributed by atoms with Crippen molar-refractivity contribution in [2.24, 2.45) is 0 Å². The molecule has 1 aromatic rings. The Morgan fingerprint density at radius 3 is 1.83 bits per heavy atom. The summed E-state index contributed by atoms with van der Waals surface area (Å²) in [5.41, 5.74) is -2.43. The number of carboxylic acid groups (broad SMARTS) is 2. The zero-order valence-corrected chi connectivity index (χ0v) is 15.4. The van der Waals surface area contributed by atoms with Crippen LogP contribution in [0.25, 0.3) is 5.57 Å². The van der Waals surface area contributed by atoms with E-state index in [0.29, 0.717) is 0 Å². The number of aliphatic hydroxyl groups excluding tert-OH is 1. The van der Waals surface area contributed by atoms with E-state index in [1.165, 1.54) is 0 Å².